The third kappa shape index (κ3) is 5.38. The Bertz CT molecular complexity index is 947. The lowest BCUT2D eigenvalue weighted by Gasteiger charge is -2.10. The van der Waals surface area contributed by atoms with Crippen molar-refractivity contribution in [2.75, 3.05) is 18.2 Å². The maximum Gasteiger partial charge on any atom is 0.234 e. The molecule has 0 spiro atoms. The normalized spacial score (nSPS) is 10.5. The maximum absolute atomic E-state index is 12.1. The van der Waals surface area contributed by atoms with Gasteiger partial charge in [0.1, 0.15) is 6.61 Å². The van der Waals surface area contributed by atoms with Crippen molar-refractivity contribution < 1.29 is 14.3 Å². The van der Waals surface area contributed by atoms with E-state index in [1.807, 2.05) is 60.1 Å². The molecule has 0 radical (unpaired) electrons. The Labute approximate surface area is 181 Å². The lowest BCUT2D eigenvalue weighted by atomic mass is 10.3. The number of carbonyl (C=O) groups excluding carboxylic acids is 1. The molecule has 2 aromatic carbocycles. The first kappa shape index (κ1) is 20.5. The van der Waals surface area contributed by atoms with Crippen LogP contribution in [0.4, 0.5) is 5.69 Å². The van der Waals surface area contributed by atoms with Crippen molar-refractivity contribution in [1.82, 2.24) is 14.8 Å². The number of nitrogens with zero attached hydrogens (tertiary/aromatic N) is 3. The quantitative estimate of drug-likeness (QED) is 0.368. The van der Waals surface area contributed by atoms with Gasteiger partial charge in [0.15, 0.2) is 22.5 Å². The fourth-order valence-corrected chi connectivity index (χ4v) is 3.43. The van der Waals surface area contributed by atoms with Gasteiger partial charge in [0, 0.05) is 16.3 Å². The molecule has 9 heteroatoms. The van der Waals surface area contributed by atoms with E-state index >= 15 is 0 Å². The summed E-state index contributed by atoms with van der Waals surface area (Å²) in [6.45, 7) is 0.249. The second kappa shape index (κ2) is 9.78. The Hall–Kier alpha value is -2.27. The third-order valence-corrected chi connectivity index (χ3v) is 5.55. The largest absolute Gasteiger partial charge is 0.493 e. The first-order valence-electron chi connectivity index (χ1n) is 8.39. The summed E-state index contributed by atoms with van der Waals surface area (Å²) in [6, 6.07) is 15.1. The monoisotopic (exact) mass is 510 g/mol. The summed E-state index contributed by atoms with van der Waals surface area (Å²) in [5, 5.41) is 11.8. The zero-order chi connectivity index (χ0) is 19.9. The number of halogens is 1. The van der Waals surface area contributed by atoms with Gasteiger partial charge in [-0.25, -0.2) is 0 Å². The number of para-hydroxylation sites is 2. The highest BCUT2D eigenvalue weighted by atomic mass is 127. The Balaban J connectivity index is 1.54. The van der Waals surface area contributed by atoms with Crippen LogP contribution in [0.3, 0.4) is 0 Å². The lowest BCUT2D eigenvalue weighted by Crippen LogP contribution is -2.14. The van der Waals surface area contributed by atoms with Crippen molar-refractivity contribution in [3.8, 4) is 11.5 Å². The van der Waals surface area contributed by atoms with E-state index < -0.39 is 0 Å². The fraction of sp³-hybridized carbons (Fsp3) is 0.211. The molecule has 146 valence electrons. The fourth-order valence-electron chi connectivity index (χ4n) is 2.34. The number of amides is 1. The third-order valence-electron chi connectivity index (χ3n) is 3.81. The average Bonchev–Trinajstić information content (AvgIpc) is 3.06. The molecule has 0 atom stereocenters. The van der Waals surface area contributed by atoms with Gasteiger partial charge in [-0.15, -0.1) is 10.2 Å². The van der Waals surface area contributed by atoms with E-state index in [4.69, 9.17) is 9.47 Å². The molecule has 0 aliphatic carbocycles. The summed E-state index contributed by atoms with van der Waals surface area (Å²) in [6.07, 6.45) is 0. The van der Waals surface area contributed by atoms with E-state index in [9.17, 15) is 4.79 Å². The molecule has 3 aromatic rings. The van der Waals surface area contributed by atoms with E-state index in [1.165, 1.54) is 11.8 Å². The van der Waals surface area contributed by atoms with Gasteiger partial charge in [-0.2, -0.15) is 0 Å². The Morgan fingerprint density at radius 1 is 1.14 bits per heavy atom. The molecule has 0 aliphatic heterocycles. The van der Waals surface area contributed by atoms with Crippen LogP contribution in [0.2, 0.25) is 0 Å². The molecule has 1 heterocycles. The molecule has 3 rings (SSSR count). The summed E-state index contributed by atoms with van der Waals surface area (Å²) in [5.74, 6) is 2.10. The number of carbonyl (C=O) groups is 1. The van der Waals surface area contributed by atoms with Crippen molar-refractivity contribution in [3.63, 3.8) is 0 Å². The van der Waals surface area contributed by atoms with Crippen molar-refractivity contribution in [3.05, 3.63) is 57.9 Å². The van der Waals surface area contributed by atoms with Gasteiger partial charge in [0.2, 0.25) is 5.91 Å². The molecule has 0 bridgehead atoms. The number of aromatic nitrogens is 3. The topological polar surface area (TPSA) is 78.3 Å². The van der Waals surface area contributed by atoms with Crippen LogP contribution < -0.4 is 14.8 Å². The number of methoxy groups -OCH3 is 1. The number of nitrogens with one attached hydrogen (secondary N) is 1. The number of anilines is 1. The first-order valence-corrected chi connectivity index (χ1v) is 10.5. The van der Waals surface area contributed by atoms with E-state index in [0.29, 0.717) is 22.5 Å². The highest BCUT2D eigenvalue weighted by Gasteiger charge is 2.13. The Morgan fingerprint density at radius 3 is 2.57 bits per heavy atom. The van der Waals surface area contributed by atoms with Crippen molar-refractivity contribution in [2.45, 2.75) is 11.8 Å². The molecule has 0 fully saturated rings. The average molecular weight is 510 g/mol. The number of hydrogen-bond acceptors (Lipinski definition) is 6. The summed E-state index contributed by atoms with van der Waals surface area (Å²) in [4.78, 5) is 12.1. The number of ether oxygens (including phenoxy) is 2. The maximum atomic E-state index is 12.1. The summed E-state index contributed by atoms with van der Waals surface area (Å²) < 4.78 is 14.0. The highest BCUT2D eigenvalue weighted by Crippen LogP contribution is 2.26. The van der Waals surface area contributed by atoms with Crippen LogP contribution in [0, 0.1) is 3.57 Å². The minimum Gasteiger partial charge on any atom is -0.493 e. The molecule has 0 saturated carbocycles. The number of thioether (sulfide) groups is 1. The standard InChI is InChI=1S/C19H19IN4O3S/c1-24-17(11-27-16-6-4-3-5-15(16)26-2)22-23-19(24)28-12-18(25)21-14-9-7-13(20)8-10-14/h3-10H,11-12H2,1-2H3,(H,21,25). The predicted molar refractivity (Wildman–Crippen MR) is 117 cm³/mol. The summed E-state index contributed by atoms with van der Waals surface area (Å²) in [7, 11) is 3.45. The van der Waals surface area contributed by atoms with Gasteiger partial charge in [0.25, 0.3) is 0 Å². The predicted octanol–water partition coefficient (Wildman–Crippen LogP) is 3.74. The molecular weight excluding hydrogens is 491 g/mol. The number of rotatable bonds is 8. The molecule has 0 aliphatic rings. The van der Waals surface area contributed by atoms with Gasteiger partial charge in [-0.05, 0) is 59.0 Å². The number of hydrogen-bond donors (Lipinski definition) is 1. The zero-order valence-corrected chi connectivity index (χ0v) is 18.4. The number of benzene rings is 2. The first-order chi connectivity index (χ1) is 13.6. The molecule has 7 nitrogen and oxygen atoms in total. The molecule has 28 heavy (non-hydrogen) atoms. The molecular formula is C19H19IN4O3S. The summed E-state index contributed by atoms with van der Waals surface area (Å²) in [5.41, 5.74) is 0.773. The lowest BCUT2D eigenvalue weighted by molar-refractivity contribution is -0.113. The minimum atomic E-state index is -0.0963. The van der Waals surface area contributed by atoms with Crippen LogP contribution >= 0.6 is 34.4 Å². The molecule has 0 saturated heterocycles. The highest BCUT2D eigenvalue weighted by molar-refractivity contribution is 14.1. The Kier molecular flexibility index (Phi) is 7.15. The van der Waals surface area contributed by atoms with Gasteiger partial charge >= 0.3 is 0 Å². The second-order valence-corrected chi connectivity index (χ2v) is 7.93. The minimum absolute atomic E-state index is 0.0963. The van der Waals surface area contributed by atoms with Crippen LogP contribution in [-0.4, -0.2) is 33.5 Å². The SMILES string of the molecule is COc1ccccc1OCc1nnc(SCC(=O)Nc2ccc(I)cc2)n1C. The molecule has 0 unspecified atom stereocenters. The van der Waals surface area contributed by atoms with Crippen molar-refractivity contribution in [1.29, 1.82) is 0 Å². The van der Waals surface area contributed by atoms with E-state index in [-0.39, 0.29) is 18.3 Å². The smallest absolute Gasteiger partial charge is 0.234 e. The van der Waals surface area contributed by atoms with Crippen LogP contribution in [0.5, 0.6) is 11.5 Å². The molecule has 1 N–H and O–H groups in total. The van der Waals surface area contributed by atoms with Crippen molar-refractivity contribution >= 4 is 45.9 Å². The van der Waals surface area contributed by atoms with E-state index in [2.05, 4.69) is 38.1 Å². The Morgan fingerprint density at radius 2 is 1.86 bits per heavy atom. The van der Waals surface area contributed by atoms with Crippen molar-refractivity contribution in [2.24, 2.45) is 7.05 Å². The molecule has 1 amide bonds. The van der Waals surface area contributed by atoms with Gasteiger partial charge in [-0.3, -0.25) is 4.79 Å². The summed E-state index contributed by atoms with van der Waals surface area (Å²) >= 11 is 3.55. The second-order valence-electron chi connectivity index (χ2n) is 5.74. The van der Waals surface area contributed by atoms with Crippen LogP contribution in [0.1, 0.15) is 5.82 Å². The van der Waals surface area contributed by atoms with Gasteiger partial charge < -0.3 is 19.4 Å². The van der Waals surface area contributed by atoms with Crippen LogP contribution in [0.15, 0.2) is 53.7 Å². The van der Waals surface area contributed by atoms with E-state index in [1.54, 1.807) is 7.11 Å². The zero-order valence-electron chi connectivity index (χ0n) is 15.4. The van der Waals surface area contributed by atoms with Crippen LogP contribution in [-0.2, 0) is 18.4 Å². The van der Waals surface area contributed by atoms with Crippen LogP contribution in [0.25, 0.3) is 0 Å². The molecule has 1 aromatic heterocycles. The van der Waals surface area contributed by atoms with Gasteiger partial charge in [0.05, 0.1) is 12.9 Å². The van der Waals surface area contributed by atoms with Gasteiger partial charge in [-0.1, -0.05) is 23.9 Å². The van der Waals surface area contributed by atoms with E-state index in [0.717, 1.165) is 9.26 Å².